The highest BCUT2D eigenvalue weighted by atomic mass is 28.3. The summed E-state index contributed by atoms with van der Waals surface area (Å²) in [5.74, 6) is 0.331. The molecule has 1 aliphatic rings. The summed E-state index contributed by atoms with van der Waals surface area (Å²) >= 11 is 0. The Morgan fingerprint density at radius 1 is 1.05 bits per heavy atom. The number of carbonyl (C=O) groups excluding carboxylic acids is 1. The van der Waals surface area contributed by atoms with E-state index < -0.39 is 8.07 Å². The predicted molar refractivity (Wildman–Crippen MR) is 84.2 cm³/mol. The molecule has 0 bridgehead atoms. The van der Waals surface area contributed by atoms with Crippen molar-refractivity contribution < 1.29 is 4.79 Å². The average Bonchev–Trinajstić information content (AvgIpc) is 2.57. The van der Waals surface area contributed by atoms with Crippen LogP contribution >= 0.6 is 0 Å². The van der Waals surface area contributed by atoms with Crippen molar-refractivity contribution in [3.05, 3.63) is 52.8 Å². The lowest BCUT2D eigenvalue weighted by atomic mass is 10.0. The van der Waals surface area contributed by atoms with Crippen molar-refractivity contribution in [2.45, 2.75) is 33.9 Å². The van der Waals surface area contributed by atoms with Gasteiger partial charge < -0.3 is 0 Å². The largest absolute Gasteiger partial charge is 0.294 e. The SMILES string of the molecule is CC1=C(C)/C(=C/[Si](C)(C)c2ccccc2)C(C)C1=O. The molecule has 0 spiro atoms. The van der Waals surface area contributed by atoms with Gasteiger partial charge in [0.25, 0.3) is 0 Å². The topological polar surface area (TPSA) is 17.1 Å². The minimum Gasteiger partial charge on any atom is -0.294 e. The molecule has 0 aliphatic heterocycles. The van der Waals surface area contributed by atoms with Gasteiger partial charge in [0.1, 0.15) is 8.07 Å². The maximum Gasteiger partial charge on any atom is 0.165 e. The van der Waals surface area contributed by atoms with Gasteiger partial charge in [-0.3, -0.25) is 4.79 Å². The van der Waals surface area contributed by atoms with Crippen molar-refractivity contribution in [3.8, 4) is 0 Å². The van der Waals surface area contributed by atoms with Crippen molar-refractivity contribution in [2.75, 3.05) is 0 Å². The number of allylic oxidation sites excluding steroid dienone is 3. The summed E-state index contributed by atoms with van der Waals surface area (Å²) in [6.45, 7) is 10.7. The number of ketones is 1. The second kappa shape index (κ2) is 4.93. The van der Waals surface area contributed by atoms with Crippen LogP contribution < -0.4 is 5.19 Å². The second-order valence-corrected chi connectivity index (χ2v) is 10.3. The summed E-state index contributed by atoms with van der Waals surface area (Å²) < 4.78 is 0. The Balaban J connectivity index is 2.44. The van der Waals surface area contributed by atoms with Crippen molar-refractivity contribution >= 4 is 19.0 Å². The Hall–Kier alpha value is -1.41. The fourth-order valence-electron chi connectivity index (χ4n) is 2.77. The quantitative estimate of drug-likeness (QED) is 0.750. The highest BCUT2D eigenvalue weighted by molar-refractivity contribution is 6.94. The first-order valence-corrected chi connectivity index (χ1v) is 9.92. The van der Waals surface area contributed by atoms with Gasteiger partial charge in [-0.05, 0) is 30.6 Å². The van der Waals surface area contributed by atoms with Gasteiger partial charge in [0.15, 0.2) is 5.78 Å². The van der Waals surface area contributed by atoms with Crippen LogP contribution in [-0.4, -0.2) is 13.9 Å². The van der Waals surface area contributed by atoms with E-state index in [2.05, 4.69) is 56.0 Å². The summed E-state index contributed by atoms with van der Waals surface area (Å²) in [5, 5.41) is 1.42. The molecule has 0 aromatic heterocycles. The second-order valence-electron chi connectivity index (χ2n) is 6.02. The predicted octanol–water partition coefficient (Wildman–Crippen LogP) is 3.62. The molecule has 0 fully saturated rings. The van der Waals surface area contributed by atoms with Crippen LogP contribution in [0.15, 0.2) is 52.8 Å². The van der Waals surface area contributed by atoms with E-state index in [1.54, 1.807) is 0 Å². The molecule has 0 amide bonds. The molecular weight excluding hydrogens is 248 g/mol. The van der Waals surface area contributed by atoms with E-state index in [1.165, 1.54) is 16.3 Å². The Morgan fingerprint density at radius 2 is 1.63 bits per heavy atom. The summed E-state index contributed by atoms with van der Waals surface area (Å²) in [6, 6.07) is 10.7. The van der Waals surface area contributed by atoms with Gasteiger partial charge in [0, 0.05) is 5.92 Å². The number of Topliss-reactive ketones (excluding diaryl/α,β-unsaturated/α-hetero) is 1. The number of hydrogen-bond donors (Lipinski definition) is 0. The van der Waals surface area contributed by atoms with E-state index in [0.29, 0.717) is 5.78 Å². The van der Waals surface area contributed by atoms with Gasteiger partial charge in [0.05, 0.1) is 0 Å². The van der Waals surface area contributed by atoms with E-state index in [-0.39, 0.29) is 5.92 Å². The minimum atomic E-state index is -1.64. The highest BCUT2D eigenvalue weighted by Crippen LogP contribution is 2.34. The lowest BCUT2D eigenvalue weighted by molar-refractivity contribution is -0.117. The van der Waals surface area contributed by atoms with E-state index >= 15 is 0 Å². The third-order valence-corrected chi connectivity index (χ3v) is 7.11. The lowest BCUT2D eigenvalue weighted by Gasteiger charge is -2.21. The first-order valence-electron chi connectivity index (χ1n) is 6.85. The fraction of sp³-hybridized carbons (Fsp3) is 0.353. The zero-order chi connectivity index (χ0) is 14.2. The molecule has 1 aromatic rings. The molecule has 0 heterocycles. The molecule has 1 atom stereocenters. The fourth-order valence-corrected chi connectivity index (χ4v) is 5.23. The molecule has 1 aliphatic carbocycles. The number of hydrogen-bond acceptors (Lipinski definition) is 1. The van der Waals surface area contributed by atoms with Crippen molar-refractivity contribution in [1.82, 2.24) is 0 Å². The molecule has 0 saturated heterocycles. The molecule has 1 nitrogen and oxygen atoms in total. The third-order valence-electron chi connectivity index (χ3n) is 4.26. The molecule has 19 heavy (non-hydrogen) atoms. The van der Waals surface area contributed by atoms with E-state index in [4.69, 9.17) is 0 Å². The summed E-state index contributed by atoms with van der Waals surface area (Å²) in [4.78, 5) is 12.1. The molecule has 1 aromatic carbocycles. The molecular formula is C17H22OSi. The van der Waals surface area contributed by atoms with E-state index in [1.807, 2.05) is 13.8 Å². The zero-order valence-corrected chi connectivity index (χ0v) is 13.4. The minimum absolute atomic E-state index is 0.0375. The lowest BCUT2D eigenvalue weighted by Crippen LogP contribution is -2.40. The van der Waals surface area contributed by atoms with Crippen molar-refractivity contribution in [2.24, 2.45) is 5.92 Å². The summed E-state index contributed by atoms with van der Waals surface area (Å²) in [6.07, 6.45) is 0. The molecule has 0 radical (unpaired) electrons. The van der Waals surface area contributed by atoms with Gasteiger partial charge >= 0.3 is 0 Å². The van der Waals surface area contributed by atoms with Crippen LogP contribution in [0, 0.1) is 5.92 Å². The summed E-state index contributed by atoms with van der Waals surface area (Å²) in [5.41, 5.74) is 5.78. The Kier molecular flexibility index (Phi) is 3.63. The maximum absolute atomic E-state index is 12.1. The van der Waals surface area contributed by atoms with Crippen LogP contribution in [0.3, 0.4) is 0 Å². The number of rotatable bonds is 2. The van der Waals surface area contributed by atoms with Gasteiger partial charge in [-0.2, -0.15) is 0 Å². The smallest absolute Gasteiger partial charge is 0.165 e. The first kappa shape index (κ1) is 14.0. The van der Waals surface area contributed by atoms with Gasteiger partial charge in [-0.1, -0.05) is 61.2 Å². The molecule has 0 N–H and O–H groups in total. The maximum atomic E-state index is 12.1. The monoisotopic (exact) mass is 270 g/mol. The molecule has 2 heteroatoms. The van der Waals surface area contributed by atoms with E-state index in [9.17, 15) is 4.79 Å². The normalized spacial score (nSPS) is 22.5. The Morgan fingerprint density at radius 3 is 2.11 bits per heavy atom. The highest BCUT2D eigenvalue weighted by Gasteiger charge is 2.32. The van der Waals surface area contributed by atoms with Crippen molar-refractivity contribution in [3.63, 3.8) is 0 Å². The first-order chi connectivity index (χ1) is 8.84. The summed E-state index contributed by atoms with van der Waals surface area (Å²) in [7, 11) is -1.64. The van der Waals surface area contributed by atoms with Crippen LogP contribution in [0.2, 0.25) is 13.1 Å². The van der Waals surface area contributed by atoms with Crippen LogP contribution in [-0.2, 0) is 4.79 Å². The molecule has 1 unspecified atom stereocenters. The standard InChI is InChI=1S/C17H22OSi/c1-12-13(2)17(18)14(3)16(12)11-19(4,5)15-9-7-6-8-10-15/h6-11,14H,1-5H3/b16-11-. The zero-order valence-electron chi connectivity index (χ0n) is 12.4. The van der Waals surface area contributed by atoms with Crippen molar-refractivity contribution in [1.29, 1.82) is 0 Å². The molecule has 100 valence electrons. The number of carbonyl (C=O) groups is 1. The Labute approximate surface area is 117 Å². The Bertz CT molecular complexity index is 564. The average molecular weight is 270 g/mol. The van der Waals surface area contributed by atoms with Crippen LogP contribution in [0.4, 0.5) is 0 Å². The van der Waals surface area contributed by atoms with Crippen LogP contribution in [0.5, 0.6) is 0 Å². The van der Waals surface area contributed by atoms with Gasteiger partial charge in [-0.25, -0.2) is 0 Å². The third kappa shape index (κ3) is 2.50. The molecule has 2 rings (SSSR count). The van der Waals surface area contributed by atoms with Gasteiger partial charge in [-0.15, -0.1) is 0 Å². The van der Waals surface area contributed by atoms with Gasteiger partial charge in [0.2, 0.25) is 0 Å². The van der Waals surface area contributed by atoms with E-state index in [0.717, 1.165) is 5.57 Å². The van der Waals surface area contributed by atoms with Crippen LogP contribution in [0.25, 0.3) is 0 Å². The van der Waals surface area contributed by atoms with Crippen LogP contribution in [0.1, 0.15) is 20.8 Å². The number of benzene rings is 1. The molecule has 0 saturated carbocycles.